The average molecular weight is 314 g/mol. The highest BCUT2D eigenvalue weighted by molar-refractivity contribution is 5.28. The zero-order valence-corrected chi connectivity index (χ0v) is 14.2. The first-order valence-corrected chi connectivity index (χ1v) is 8.10. The van der Waals surface area contributed by atoms with Gasteiger partial charge in [0.1, 0.15) is 5.75 Å². The fourth-order valence-electron chi connectivity index (χ4n) is 2.74. The number of aromatic hydroxyl groups is 1. The SMILES string of the molecule is CC[C@@H](CO)N(Cc1ccccc1C)Cc1nc(C)ccc1O. The minimum Gasteiger partial charge on any atom is -0.506 e. The molecule has 4 nitrogen and oxygen atoms in total. The molecule has 1 aromatic carbocycles. The molecule has 1 atom stereocenters. The minimum absolute atomic E-state index is 0.0383. The number of pyridine rings is 1. The first-order chi connectivity index (χ1) is 11.0. The van der Waals surface area contributed by atoms with Gasteiger partial charge < -0.3 is 10.2 Å². The lowest BCUT2D eigenvalue weighted by atomic mass is 10.1. The van der Waals surface area contributed by atoms with Crippen LogP contribution in [0.5, 0.6) is 5.75 Å². The third kappa shape index (κ3) is 4.53. The molecule has 1 heterocycles. The number of aromatic nitrogens is 1. The molecule has 0 spiro atoms. The fraction of sp³-hybridized carbons (Fsp3) is 0.421. The van der Waals surface area contributed by atoms with Gasteiger partial charge in [0.2, 0.25) is 0 Å². The van der Waals surface area contributed by atoms with E-state index in [9.17, 15) is 10.2 Å². The molecule has 0 aliphatic heterocycles. The predicted molar refractivity (Wildman–Crippen MR) is 92.2 cm³/mol. The van der Waals surface area contributed by atoms with E-state index in [1.54, 1.807) is 12.1 Å². The van der Waals surface area contributed by atoms with E-state index in [2.05, 4.69) is 35.9 Å². The highest BCUT2D eigenvalue weighted by Crippen LogP contribution is 2.21. The maximum absolute atomic E-state index is 10.1. The molecule has 0 radical (unpaired) electrons. The van der Waals surface area contributed by atoms with E-state index >= 15 is 0 Å². The summed E-state index contributed by atoms with van der Waals surface area (Å²) in [5.41, 5.74) is 3.99. The molecular formula is C19H26N2O2. The zero-order valence-electron chi connectivity index (χ0n) is 14.2. The van der Waals surface area contributed by atoms with Gasteiger partial charge in [-0.2, -0.15) is 0 Å². The normalized spacial score (nSPS) is 12.6. The van der Waals surface area contributed by atoms with Crippen molar-refractivity contribution in [2.45, 2.75) is 46.3 Å². The first kappa shape index (κ1) is 17.4. The van der Waals surface area contributed by atoms with Crippen LogP contribution in [0.4, 0.5) is 0 Å². The van der Waals surface area contributed by atoms with Crippen LogP contribution in [0.25, 0.3) is 0 Å². The first-order valence-electron chi connectivity index (χ1n) is 8.10. The summed E-state index contributed by atoms with van der Waals surface area (Å²) in [6, 6.07) is 11.8. The molecule has 0 bridgehead atoms. The Bertz CT molecular complexity index is 639. The predicted octanol–water partition coefficient (Wildman–Crippen LogP) is 3.18. The van der Waals surface area contributed by atoms with Crippen molar-refractivity contribution in [2.24, 2.45) is 0 Å². The standard InChI is InChI=1S/C19H26N2O2/c1-4-17(13-22)21(11-16-8-6-5-7-14(16)2)12-18-19(23)10-9-15(3)20-18/h5-10,17,22-23H,4,11-13H2,1-3H3/t17-/m0/s1. The molecule has 0 unspecified atom stereocenters. The molecule has 0 aliphatic rings. The van der Waals surface area contributed by atoms with Crippen molar-refractivity contribution in [3.8, 4) is 5.75 Å². The summed E-state index contributed by atoms with van der Waals surface area (Å²) in [5, 5.41) is 19.8. The number of nitrogens with zero attached hydrogens (tertiary/aromatic N) is 2. The fourth-order valence-corrected chi connectivity index (χ4v) is 2.74. The summed E-state index contributed by atoms with van der Waals surface area (Å²) < 4.78 is 0. The third-order valence-corrected chi connectivity index (χ3v) is 4.28. The Kier molecular flexibility index (Phi) is 6.13. The lowest BCUT2D eigenvalue weighted by Gasteiger charge is -2.30. The lowest BCUT2D eigenvalue weighted by molar-refractivity contribution is 0.104. The van der Waals surface area contributed by atoms with Gasteiger partial charge in [-0.05, 0) is 43.5 Å². The zero-order chi connectivity index (χ0) is 16.8. The van der Waals surface area contributed by atoms with Crippen molar-refractivity contribution in [1.82, 2.24) is 9.88 Å². The number of hydrogen-bond donors (Lipinski definition) is 2. The molecule has 2 rings (SSSR count). The number of aryl methyl sites for hydroxylation is 2. The molecule has 2 aromatic rings. The van der Waals surface area contributed by atoms with Crippen LogP contribution in [0.15, 0.2) is 36.4 Å². The molecule has 23 heavy (non-hydrogen) atoms. The Morgan fingerprint density at radius 2 is 1.83 bits per heavy atom. The molecule has 0 saturated carbocycles. The van der Waals surface area contributed by atoms with Gasteiger partial charge >= 0.3 is 0 Å². The second-order valence-electron chi connectivity index (χ2n) is 5.99. The molecule has 2 N–H and O–H groups in total. The van der Waals surface area contributed by atoms with E-state index in [1.807, 2.05) is 19.1 Å². The summed E-state index contributed by atoms with van der Waals surface area (Å²) >= 11 is 0. The molecule has 1 aromatic heterocycles. The largest absolute Gasteiger partial charge is 0.506 e. The number of aliphatic hydroxyl groups excluding tert-OH is 1. The number of benzene rings is 1. The highest BCUT2D eigenvalue weighted by Gasteiger charge is 2.19. The van der Waals surface area contributed by atoms with Crippen LogP contribution in [0.3, 0.4) is 0 Å². The van der Waals surface area contributed by atoms with Crippen molar-refractivity contribution < 1.29 is 10.2 Å². The van der Waals surface area contributed by atoms with Crippen LogP contribution in [0, 0.1) is 13.8 Å². The van der Waals surface area contributed by atoms with E-state index in [1.165, 1.54) is 11.1 Å². The topological polar surface area (TPSA) is 56.6 Å². The number of rotatable bonds is 7. The van der Waals surface area contributed by atoms with E-state index in [0.29, 0.717) is 12.2 Å². The van der Waals surface area contributed by atoms with E-state index < -0.39 is 0 Å². The van der Waals surface area contributed by atoms with E-state index in [0.717, 1.165) is 18.7 Å². The smallest absolute Gasteiger partial charge is 0.138 e. The maximum Gasteiger partial charge on any atom is 0.138 e. The lowest BCUT2D eigenvalue weighted by Crippen LogP contribution is -2.37. The second-order valence-corrected chi connectivity index (χ2v) is 5.99. The summed E-state index contributed by atoms with van der Waals surface area (Å²) in [6.45, 7) is 7.40. The second kappa shape index (κ2) is 8.09. The summed E-state index contributed by atoms with van der Waals surface area (Å²) in [4.78, 5) is 6.64. The molecule has 0 amide bonds. The molecule has 0 aliphatic carbocycles. The quantitative estimate of drug-likeness (QED) is 0.824. The Balaban J connectivity index is 2.27. The summed E-state index contributed by atoms with van der Waals surface area (Å²) in [5.74, 6) is 0.207. The minimum atomic E-state index is 0.0383. The third-order valence-electron chi connectivity index (χ3n) is 4.28. The average Bonchev–Trinajstić information content (AvgIpc) is 2.54. The van der Waals surface area contributed by atoms with Crippen LogP contribution in [-0.2, 0) is 13.1 Å². The Morgan fingerprint density at radius 1 is 1.09 bits per heavy atom. The molecular weight excluding hydrogens is 288 g/mol. The molecule has 0 saturated heterocycles. The van der Waals surface area contributed by atoms with Gasteiger partial charge in [0.05, 0.1) is 12.3 Å². The Labute approximate surface area is 138 Å². The van der Waals surface area contributed by atoms with Gasteiger partial charge in [0, 0.05) is 24.8 Å². The van der Waals surface area contributed by atoms with Crippen molar-refractivity contribution in [3.05, 3.63) is 58.9 Å². The van der Waals surface area contributed by atoms with Gasteiger partial charge in [0.25, 0.3) is 0 Å². The van der Waals surface area contributed by atoms with Crippen molar-refractivity contribution in [2.75, 3.05) is 6.61 Å². The number of hydrogen-bond acceptors (Lipinski definition) is 4. The Morgan fingerprint density at radius 3 is 2.48 bits per heavy atom. The van der Waals surface area contributed by atoms with Crippen LogP contribution in [0.1, 0.15) is 35.9 Å². The van der Waals surface area contributed by atoms with Gasteiger partial charge in [-0.3, -0.25) is 9.88 Å². The van der Waals surface area contributed by atoms with Gasteiger partial charge in [0.15, 0.2) is 0 Å². The maximum atomic E-state index is 10.1. The van der Waals surface area contributed by atoms with Crippen molar-refractivity contribution in [3.63, 3.8) is 0 Å². The van der Waals surface area contributed by atoms with Crippen LogP contribution >= 0.6 is 0 Å². The van der Waals surface area contributed by atoms with Crippen LogP contribution in [-0.4, -0.2) is 32.7 Å². The van der Waals surface area contributed by atoms with Gasteiger partial charge in [-0.1, -0.05) is 31.2 Å². The van der Waals surface area contributed by atoms with E-state index in [4.69, 9.17) is 0 Å². The van der Waals surface area contributed by atoms with Crippen LogP contribution in [0.2, 0.25) is 0 Å². The Hall–Kier alpha value is -1.91. The van der Waals surface area contributed by atoms with Gasteiger partial charge in [-0.25, -0.2) is 0 Å². The summed E-state index contributed by atoms with van der Waals surface area (Å²) in [6.07, 6.45) is 0.842. The van der Waals surface area contributed by atoms with Crippen LogP contribution < -0.4 is 0 Å². The van der Waals surface area contributed by atoms with Crippen molar-refractivity contribution in [1.29, 1.82) is 0 Å². The van der Waals surface area contributed by atoms with Crippen molar-refractivity contribution >= 4 is 0 Å². The highest BCUT2D eigenvalue weighted by atomic mass is 16.3. The molecule has 4 heteroatoms. The molecule has 0 fully saturated rings. The monoisotopic (exact) mass is 314 g/mol. The number of aliphatic hydroxyl groups is 1. The summed E-state index contributed by atoms with van der Waals surface area (Å²) in [7, 11) is 0. The van der Waals surface area contributed by atoms with E-state index in [-0.39, 0.29) is 18.4 Å². The molecule has 124 valence electrons. The van der Waals surface area contributed by atoms with Gasteiger partial charge in [-0.15, -0.1) is 0 Å².